The predicted molar refractivity (Wildman–Crippen MR) is 57.0 cm³/mol. The van der Waals surface area contributed by atoms with E-state index in [1.807, 2.05) is 0 Å². The molecule has 0 aromatic heterocycles. The van der Waals surface area contributed by atoms with Crippen molar-refractivity contribution in [2.45, 2.75) is 6.42 Å². The van der Waals surface area contributed by atoms with Gasteiger partial charge in [0.25, 0.3) is 0 Å². The lowest BCUT2D eigenvalue weighted by Crippen LogP contribution is -2.42. The molecule has 1 amide bonds. The van der Waals surface area contributed by atoms with Crippen LogP contribution in [-0.2, 0) is 14.6 Å². The maximum Gasteiger partial charge on any atom is 0.245 e. The number of carbonyl (C=O) groups is 1. The van der Waals surface area contributed by atoms with E-state index in [-0.39, 0.29) is 23.5 Å². The quantitative estimate of drug-likeness (QED) is 0.598. The van der Waals surface area contributed by atoms with E-state index in [0.717, 1.165) is 6.42 Å². The van der Waals surface area contributed by atoms with Crippen molar-refractivity contribution < 1.29 is 13.2 Å². The van der Waals surface area contributed by atoms with Crippen LogP contribution in [-0.4, -0.2) is 43.8 Å². The second kappa shape index (κ2) is 3.63. The lowest BCUT2D eigenvalue weighted by molar-refractivity contribution is -0.128. The fourth-order valence-electron chi connectivity index (χ4n) is 2.54. The van der Waals surface area contributed by atoms with Gasteiger partial charge < -0.3 is 4.90 Å². The Hall–Kier alpha value is -0.840. The van der Waals surface area contributed by atoms with E-state index >= 15 is 0 Å². The molecule has 2 aliphatic heterocycles. The Morgan fingerprint density at radius 2 is 2.00 bits per heavy atom. The number of nitrogens with zero attached hydrogens (tertiary/aromatic N) is 1. The fourth-order valence-corrected chi connectivity index (χ4v) is 4.80. The number of piperidine rings is 1. The number of fused-ring (bicyclic) bond motifs is 1. The highest BCUT2D eigenvalue weighted by Gasteiger charge is 2.41. The Morgan fingerprint density at radius 3 is 2.67 bits per heavy atom. The molecule has 2 saturated heterocycles. The van der Waals surface area contributed by atoms with Gasteiger partial charge in [-0.2, -0.15) is 0 Å². The molecule has 0 aliphatic carbocycles. The molecule has 0 N–H and O–H groups in total. The number of rotatable bonds is 1. The Morgan fingerprint density at radius 1 is 1.33 bits per heavy atom. The van der Waals surface area contributed by atoms with Crippen molar-refractivity contribution in [3.63, 3.8) is 0 Å². The van der Waals surface area contributed by atoms with Crippen molar-refractivity contribution in [3.8, 4) is 0 Å². The van der Waals surface area contributed by atoms with Crippen molar-refractivity contribution in [2.24, 2.45) is 11.8 Å². The first-order valence-electron chi connectivity index (χ1n) is 5.13. The van der Waals surface area contributed by atoms with Crippen LogP contribution >= 0.6 is 0 Å². The Kier molecular flexibility index (Phi) is 2.58. The van der Waals surface area contributed by atoms with E-state index in [2.05, 4.69) is 6.58 Å². The molecule has 5 heteroatoms. The van der Waals surface area contributed by atoms with Crippen molar-refractivity contribution in [1.29, 1.82) is 0 Å². The molecule has 0 aromatic carbocycles. The fraction of sp³-hybridized carbons (Fsp3) is 0.700. The number of amides is 1. The van der Waals surface area contributed by atoms with E-state index in [0.29, 0.717) is 18.8 Å². The molecule has 4 nitrogen and oxygen atoms in total. The van der Waals surface area contributed by atoms with Crippen LogP contribution in [0.3, 0.4) is 0 Å². The molecule has 0 aromatic rings. The maximum absolute atomic E-state index is 11.4. The first-order valence-corrected chi connectivity index (χ1v) is 6.96. The highest BCUT2D eigenvalue weighted by atomic mass is 32.2. The van der Waals surface area contributed by atoms with Gasteiger partial charge in [-0.05, 0) is 24.3 Å². The molecule has 15 heavy (non-hydrogen) atoms. The molecular formula is C10H15NO3S. The number of hydrogen-bond acceptors (Lipinski definition) is 3. The van der Waals surface area contributed by atoms with Gasteiger partial charge >= 0.3 is 0 Å². The van der Waals surface area contributed by atoms with Gasteiger partial charge in [0.05, 0.1) is 11.5 Å². The van der Waals surface area contributed by atoms with Crippen molar-refractivity contribution in [1.82, 2.24) is 4.90 Å². The summed E-state index contributed by atoms with van der Waals surface area (Å²) in [6.45, 7) is 4.69. The van der Waals surface area contributed by atoms with Crippen LogP contribution in [0, 0.1) is 11.8 Å². The van der Waals surface area contributed by atoms with E-state index in [9.17, 15) is 13.2 Å². The summed E-state index contributed by atoms with van der Waals surface area (Å²) in [7, 11) is -2.85. The summed E-state index contributed by atoms with van der Waals surface area (Å²) in [5, 5.41) is 0. The lowest BCUT2D eigenvalue weighted by atomic mass is 9.89. The molecule has 0 radical (unpaired) electrons. The van der Waals surface area contributed by atoms with Gasteiger partial charge in [0.15, 0.2) is 9.84 Å². The van der Waals surface area contributed by atoms with Gasteiger partial charge in [-0.15, -0.1) is 0 Å². The first-order chi connectivity index (χ1) is 7.02. The lowest BCUT2D eigenvalue weighted by Gasteiger charge is -2.33. The number of sulfone groups is 1. The van der Waals surface area contributed by atoms with E-state index in [1.165, 1.54) is 6.08 Å². The van der Waals surface area contributed by atoms with Crippen molar-refractivity contribution in [2.75, 3.05) is 24.6 Å². The number of carbonyl (C=O) groups excluding carboxylic acids is 1. The SMILES string of the molecule is C=CC(=O)N1CCC2CS(=O)(=O)CC2C1. The zero-order valence-corrected chi connectivity index (χ0v) is 9.37. The summed E-state index contributed by atoms with van der Waals surface area (Å²) in [5.41, 5.74) is 0. The Labute approximate surface area is 89.9 Å². The van der Waals surface area contributed by atoms with Crippen LogP contribution in [0.5, 0.6) is 0 Å². The molecular weight excluding hydrogens is 214 g/mol. The summed E-state index contributed by atoms with van der Waals surface area (Å²) in [6.07, 6.45) is 2.10. The summed E-state index contributed by atoms with van der Waals surface area (Å²) >= 11 is 0. The highest BCUT2D eigenvalue weighted by Crippen LogP contribution is 2.32. The van der Waals surface area contributed by atoms with Crippen molar-refractivity contribution >= 4 is 15.7 Å². The van der Waals surface area contributed by atoms with Crippen LogP contribution in [0.1, 0.15) is 6.42 Å². The average Bonchev–Trinajstić information content (AvgIpc) is 2.49. The van der Waals surface area contributed by atoms with Gasteiger partial charge in [-0.1, -0.05) is 6.58 Å². The van der Waals surface area contributed by atoms with E-state index in [1.54, 1.807) is 4.90 Å². The average molecular weight is 229 g/mol. The molecule has 2 atom stereocenters. The summed E-state index contributed by atoms with van der Waals surface area (Å²) in [5.74, 6) is 0.890. The summed E-state index contributed by atoms with van der Waals surface area (Å²) in [4.78, 5) is 13.1. The first kappa shape index (κ1) is 10.7. The molecule has 2 unspecified atom stereocenters. The third kappa shape index (κ3) is 2.07. The molecule has 2 aliphatic rings. The van der Waals surface area contributed by atoms with Gasteiger partial charge in [0, 0.05) is 13.1 Å². The molecule has 84 valence electrons. The molecule has 2 rings (SSSR count). The number of hydrogen-bond donors (Lipinski definition) is 0. The normalized spacial score (nSPS) is 33.5. The second-order valence-corrected chi connectivity index (χ2v) is 6.53. The minimum Gasteiger partial charge on any atom is -0.339 e. The molecule has 0 spiro atoms. The highest BCUT2D eigenvalue weighted by molar-refractivity contribution is 7.91. The van der Waals surface area contributed by atoms with Crippen LogP contribution < -0.4 is 0 Å². The van der Waals surface area contributed by atoms with Gasteiger partial charge in [0.2, 0.25) is 5.91 Å². The second-order valence-electron chi connectivity index (χ2n) is 4.37. The van der Waals surface area contributed by atoms with E-state index < -0.39 is 9.84 Å². The zero-order chi connectivity index (χ0) is 11.1. The van der Waals surface area contributed by atoms with Gasteiger partial charge in [-0.25, -0.2) is 8.42 Å². The summed E-state index contributed by atoms with van der Waals surface area (Å²) < 4.78 is 22.8. The van der Waals surface area contributed by atoms with Crippen LogP contribution in [0.15, 0.2) is 12.7 Å². The van der Waals surface area contributed by atoms with Crippen LogP contribution in [0.2, 0.25) is 0 Å². The zero-order valence-electron chi connectivity index (χ0n) is 8.55. The topological polar surface area (TPSA) is 54.5 Å². The molecule has 2 fully saturated rings. The third-order valence-electron chi connectivity index (χ3n) is 3.31. The Balaban J connectivity index is 2.07. The van der Waals surface area contributed by atoms with Crippen LogP contribution in [0.4, 0.5) is 0 Å². The van der Waals surface area contributed by atoms with Crippen molar-refractivity contribution in [3.05, 3.63) is 12.7 Å². The van der Waals surface area contributed by atoms with E-state index in [4.69, 9.17) is 0 Å². The minimum absolute atomic E-state index is 0.0854. The maximum atomic E-state index is 11.4. The minimum atomic E-state index is -2.85. The van der Waals surface area contributed by atoms with Gasteiger partial charge in [0.1, 0.15) is 0 Å². The van der Waals surface area contributed by atoms with Gasteiger partial charge in [-0.3, -0.25) is 4.79 Å². The third-order valence-corrected chi connectivity index (χ3v) is 5.19. The largest absolute Gasteiger partial charge is 0.339 e. The molecule has 0 saturated carbocycles. The number of likely N-dealkylation sites (tertiary alicyclic amines) is 1. The van der Waals surface area contributed by atoms with Crippen LogP contribution in [0.25, 0.3) is 0 Å². The summed E-state index contributed by atoms with van der Waals surface area (Å²) in [6, 6.07) is 0. The standard InChI is InChI=1S/C10H15NO3S/c1-2-10(12)11-4-3-8-6-15(13,14)7-9(8)5-11/h2,8-9H,1,3-7H2. The monoisotopic (exact) mass is 229 g/mol. The molecule has 2 heterocycles. The predicted octanol–water partition coefficient (Wildman–Crippen LogP) is 0.0655. The smallest absolute Gasteiger partial charge is 0.245 e. The molecule has 0 bridgehead atoms. The Bertz CT molecular complexity index is 387.